The molecule has 186 valence electrons. The van der Waals surface area contributed by atoms with Gasteiger partial charge in [-0.3, -0.25) is 9.69 Å². The lowest BCUT2D eigenvalue weighted by Crippen LogP contribution is -2.24. The van der Waals surface area contributed by atoms with Crippen LogP contribution in [0.15, 0.2) is 89.5 Å². The van der Waals surface area contributed by atoms with Gasteiger partial charge in [-0.25, -0.2) is 9.37 Å². The molecule has 36 heavy (non-hydrogen) atoms. The van der Waals surface area contributed by atoms with E-state index in [4.69, 9.17) is 4.42 Å². The molecule has 4 rings (SSSR count). The molecular formula is C27H23F4N3O2. The summed E-state index contributed by atoms with van der Waals surface area (Å²) in [5, 5.41) is 2.76. The third-order valence-corrected chi connectivity index (χ3v) is 5.45. The first-order valence-corrected chi connectivity index (χ1v) is 11.2. The second-order valence-electron chi connectivity index (χ2n) is 8.23. The van der Waals surface area contributed by atoms with Gasteiger partial charge in [0, 0.05) is 25.2 Å². The zero-order valence-electron chi connectivity index (χ0n) is 19.1. The lowest BCUT2D eigenvalue weighted by atomic mass is 10.1. The number of amides is 1. The lowest BCUT2D eigenvalue weighted by molar-refractivity contribution is -0.137. The average Bonchev–Trinajstić information content (AvgIpc) is 3.33. The van der Waals surface area contributed by atoms with Crippen LogP contribution in [0, 0.1) is 5.82 Å². The largest absolute Gasteiger partial charge is 0.447 e. The van der Waals surface area contributed by atoms with E-state index >= 15 is 0 Å². The lowest BCUT2D eigenvalue weighted by Gasteiger charge is -2.22. The van der Waals surface area contributed by atoms with Gasteiger partial charge in [-0.05, 0) is 23.3 Å². The first-order valence-electron chi connectivity index (χ1n) is 11.2. The molecule has 1 N–H and O–H groups in total. The summed E-state index contributed by atoms with van der Waals surface area (Å²) < 4.78 is 59.3. The van der Waals surface area contributed by atoms with Gasteiger partial charge in [-0.1, -0.05) is 66.7 Å². The van der Waals surface area contributed by atoms with Gasteiger partial charge < -0.3 is 9.73 Å². The van der Waals surface area contributed by atoms with E-state index in [1.807, 2.05) is 30.3 Å². The third kappa shape index (κ3) is 6.79. The minimum Gasteiger partial charge on any atom is -0.447 e. The molecule has 0 aliphatic rings. The second kappa shape index (κ2) is 11.2. The number of nitrogens with one attached hydrogen (secondary N) is 1. The third-order valence-electron chi connectivity index (χ3n) is 5.45. The molecule has 1 heterocycles. The SMILES string of the molecule is O=C(NCc1ccccc1)c1coc(CN(Cc2cccc(C(F)(F)F)c2)Cc2ccccc2F)n1. The zero-order chi connectivity index (χ0) is 25.5. The summed E-state index contributed by atoms with van der Waals surface area (Å²) in [6.07, 6.45) is -3.25. The molecule has 0 unspecified atom stereocenters. The van der Waals surface area contributed by atoms with E-state index in [1.54, 1.807) is 29.2 Å². The van der Waals surface area contributed by atoms with Gasteiger partial charge in [0.15, 0.2) is 5.69 Å². The fourth-order valence-electron chi connectivity index (χ4n) is 3.69. The molecule has 0 aliphatic carbocycles. The number of halogens is 4. The first kappa shape index (κ1) is 25.1. The maximum Gasteiger partial charge on any atom is 0.416 e. The highest BCUT2D eigenvalue weighted by atomic mass is 19.4. The van der Waals surface area contributed by atoms with Crippen molar-refractivity contribution >= 4 is 5.91 Å². The molecule has 3 aromatic carbocycles. The van der Waals surface area contributed by atoms with Crippen LogP contribution in [0.1, 0.15) is 38.6 Å². The molecule has 0 bridgehead atoms. The summed E-state index contributed by atoms with van der Waals surface area (Å²) in [7, 11) is 0. The van der Waals surface area contributed by atoms with Crippen molar-refractivity contribution in [2.24, 2.45) is 0 Å². The quantitative estimate of drug-likeness (QED) is 0.290. The minimum absolute atomic E-state index is 0.0521. The maximum absolute atomic E-state index is 14.3. The Morgan fingerprint density at radius 2 is 1.61 bits per heavy atom. The van der Waals surface area contributed by atoms with Crippen molar-refractivity contribution < 1.29 is 26.8 Å². The molecule has 0 fully saturated rings. The predicted molar refractivity (Wildman–Crippen MR) is 125 cm³/mol. The summed E-state index contributed by atoms with van der Waals surface area (Å²) in [6, 6.07) is 20.5. The smallest absolute Gasteiger partial charge is 0.416 e. The number of benzene rings is 3. The van der Waals surface area contributed by atoms with Gasteiger partial charge in [0.25, 0.3) is 5.91 Å². The summed E-state index contributed by atoms with van der Waals surface area (Å²) in [6.45, 7) is 0.546. The number of carbonyl (C=O) groups excluding carboxylic acids is 1. The van der Waals surface area contributed by atoms with Crippen LogP contribution in [0.4, 0.5) is 17.6 Å². The monoisotopic (exact) mass is 497 g/mol. The summed E-state index contributed by atoms with van der Waals surface area (Å²) >= 11 is 0. The average molecular weight is 497 g/mol. The second-order valence-corrected chi connectivity index (χ2v) is 8.23. The van der Waals surface area contributed by atoms with Crippen molar-refractivity contribution in [2.45, 2.75) is 32.4 Å². The number of carbonyl (C=O) groups is 1. The van der Waals surface area contributed by atoms with E-state index in [2.05, 4.69) is 10.3 Å². The van der Waals surface area contributed by atoms with Crippen LogP contribution >= 0.6 is 0 Å². The van der Waals surface area contributed by atoms with E-state index in [1.165, 1.54) is 18.4 Å². The number of rotatable bonds is 9. The van der Waals surface area contributed by atoms with Crippen LogP contribution in [-0.2, 0) is 32.4 Å². The molecule has 1 amide bonds. The van der Waals surface area contributed by atoms with Crippen LogP contribution in [0.2, 0.25) is 0 Å². The van der Waals surface area contributed by atoms with Crippen molar-refractivity contribution in [1.82, 2.24) is 15.2 Å². The Labute approximate surface area is 205 Å². The van der Waals surface area contributed by atoms with Crippen molar-refractivity contribution in [3.05, 3.63) is 125 Å². The van der Waals surface area contributed by atoms with Gasteiger partial charge in [0.05, 0.1) is 12.1 Å². The van der Waals surface area contributed by atoms with Crippen LogP contribution < -0.4 is 5.32 Å². The Balaban J connectivity index is 1.49. The zero-order valence-corrected chi connectivity index (χ0v) is 19.1. The van der Waals surface area contributed by atoms with Gasteiger partial charge in [0.1, 0.15) is 12.1 Å². The number of hydrogen-bond acceptors (Lipinski definition) is 4. The van der Waals surface area contributed by atoms with E-state index in [9.17, 15) is 22.4 Å². The fraction of sp³-hybridized carbons (Fsp3) is 0.185. The number of aromatic nitrogens is 1. The standard InChI is InChI=1S/C27H23F4N3O2/c28-23-12-5-4-10-21(23)16-34(15-20-9-6-11-22(13-20)27(29,30)31)17-25-33-24(18-36-25)26(35)32-14-19-7-2-1-3-8-19/h1-13,18H,14-17H2,(H,32,35). The van der Waals surface area contributed by atoms with E-state index in [0.29, 0.717) is 17.7 Å². The summed E-state index contributed by atoms with van der Waals surface area (Å²) in [5.74, 6) is -0.671. The highest BCUT2D eigenvalue weighted by Crippen LogP contribution is 2.30. The molecule has 5 nitrogen and oxygen atoms in total. The summed E-state index contributed by atoms with van der Waals surface area (Å²) in [5.41, 5.74) is 1.00. The number of oxazole rings is 1. The molecule has 0 saturated carbocycles. The van der Waals surface area contributed by atoms with Crippen LogP contribution in [0.3, 0.4) is 0 Å². The van der Waals surface area contributed by atoms with Crippen LogP contribution in [-0.4, -0.2) is 15.8 Å². The molecule has 4 aromatic rings. The Hall–Kier alpha value is -3.98. The molecule has 0 spiro atoms. The van der Waals surface area contributed by atoms with Crippen molar-refractivity contribution in [3.8, 4) is 0 Å². The highest BCUT2D eigenvalue weighted by Gasteiger charge is 2.30. The predicted octanol–water partition coefficient (Wildman–Crippen LogP) is 5.96. The van der Waals surface area contributed by atoms with Crippen LogP contribution in [0.25, 0.3) is 0 Å². The molecule has 0 saturated heterocycles. The highest BCUT2D eigenvalue weighted by molar-refractivity contribution is 5.91. The Kier molecular flexibility index (Phi) is 7.80. The van der Waals surface area contributed by atoms with Crippen molar-refractivity contribution in [2.75, 3.05) is 0 Å². The first-order chi connectivity index (χ1) is 17.3. The van der Waals surface area contributed by atoms with E-state index in [-0.39, 0.29) is 31.2 Å². The van der Waals surface area contributed by atoms with Gasteiger partial charge in [0.2, 0.25) is 5.89 Å². The van der Waals surface area contributed by atoms with Gasteiger partial charge in [-0.15, -0.1) is 0 Å². The molecule has 9 heteroatoms. The molecule has 0 radical (unpaired) electrons. The number of alkyl halides is 3. The fourth-order valence-corrected chi connectivity index (χ4v) is 3.69. The Morgan fingerprint density at radius 1 is 0.889 bits per heavy atom. The Bertz CT molecular complexity index is 1310. The number of nitrogens with zero attached hydrogens (tertiary/aromatic N) is 2. The van der Waals surface area contributed by atoms with Crippen molar-refractivity contribution in [3.63, 3.8) is 0 Å². The van der Waals surface area contributed by atoms with Gasteiger partial charge >= 0.3 is 6.18 Å². The molecule has 0 atom stereocenters. The number of hydrogen-bond donors (Lipinski definition) is 1. The summed E-state index contributed by atoms with van der Waals surface area (Å²) in [4.78, 5) is 18.4. The van der Waals surface area contributed by atoms with E-state index < -0.39 is 23.5 Å². The van der Waals surface area contributed by atoms with Gasteiger partial charge in [-0.2, -0.15) is 13.2 Å². The van der Waals surface area contributed by atoms with Crippen LogP contribution in [0.5, 0.6) is 0 Å². The molecular weight excluding hydrogens is 474 g/mol. The topological polar surface area (TPSA) is 58.4 Å². The minimum atomic E-state index is -4.48. The normalized spacial score (nSPS) is 11.6. The van der Waals surface area contributed by atoms with Crippen molar-refractivity contribution in [1.29, 1.82) is 0 Å². The maximum atomic E-state index is 14.3. The molecule has 0 aliphatic heterocycles. The molecule has 1 aromatic heterocycles. The Morgan fingerprint density at radius 3 is 2.36 bits per heavy atom. The van der Waals surface area contributed by atoms with E-state index in [0.717, 1.165) is 17.7 Å².